The molecular formula is C27H39N3O5S. The van der Waals surface area contributed by atoms with Crippen molar-refractivity contribution >= 4 is 27.5 Å². The lowest BCUT2D eigenvalue weighted by Crippen LogP contribution is -2.50. The summed E-state index contributed by atoms with van der Waals surface area (Å²) in [5.41, 5.74) is 1.36. The first-order valence-electron chi connectivity index (χ1n) is 12.4. The van der Waals surface area contributed by atoms with Crippen LogP contribution in [0.4, 0.5) is 5.69 Å². The Hall–Kier alpha value is -3.07. The maximum atomic E-state index is 13.4. The summed E-state index contributed by atoms with van der Waals surface area (Å²) in [6.45, 7) is 8.29. The Bertz CT molecular complexity index is 1090. The van der Waals surface area contributed by atoms with Crippen LogP contribution in [-0.2, 0) is 26.2 Å². The SMILES string of the molecule is CCOc1ccccc1N(CCCC(=O)N(Cc1ccccc1)[C@@H](CC)C(=O)NC(C)C)S(C)(=O)=O. The van der Waals surface area contributed by atoms with Gasteiger partial charge in [-0.1, -0.05) is 49.4 Å². The van der Waals surface area contributed by atoms with Crippen molar-refractivity contribution in [2.24, 2.45) is 0 Å². The molecule has 0 saturated carbocycles. The molecule has 1 N–H and O–H groups in total. The van der Waals surface area contributed by atoms with Gasteiger partial charge >= 0.3 is 0 Å². The van der Waals surface area contributed by atoms with Crippen LogP contribution in [0.25, 0.3) is 0 Å². The van der Waals surface area contributed by atoms with Crippen LogP contribution in [0, 0.1) is 0 Å². The second-order valence-corrected chi connectivity index (χ2v) is 10.8. The van der Waals surface area contributed by atoms with Crippen LogP contribution < -0.4 is 14.4 Å². The Labute approximate surface area is 215 Å². The van der Waals surface area contributed by atoms with Crippen molar-refractivity contribution in [2.45, 2.75) is 65.6 Å². The normalized spacial score (nSPS) is 12.2. The second kappa shape index (κ2) is 13.9. The molecule has 0 aliphatic heterocycles. The zero-order valence-corrected chi connectivity index (χ0v) is 22.8. The molecule has 0 bridgehead atoms. The summed E-state index contributed by atoms with van der Waals surface area (Å²) in [4.78, 5) is 27.9. The van der Waals surface area contributed by atoms with Gasteiger partial charge in [0.05, 0.1) is 18.6 Å². The highest BCUT2D eigenvalue weighted by molar-refractivity contribution is 7.92. The van der Waals surface area contributed by atoms with Crippen LogP contribution in [0.1, 0.15) is 52.5 Å². The van der Waals surface area contributed by atoms with Gasteiger partial charge in [0.1, 0.15) is 11.8 Å². The fraction of sp³-hybridized carbons (Fsp3) is 0.481. The van der Waals surface area contributed by atoms with Gasteiger partial charge in [-0.2, -0.15) is 0 Å². The predicted molar refractivity (Wildman–Crippen MR) is 143 cm³/mol. The topological polar surface area (TPSA) is 96.0 Å². The van der Waals surface area contributed by atoms with E-state index < -0.39 is 16.1 Å². The van der Waals surface area contributed by atoms with Crippen LogP contribution in [0.2, 0.25) is 0 Å². The molecule has 0 spiro atoms. The number of benzene rings is 2. The van der Waals surface area contributed by atoms with Gasteiger partial charge in [0.15, 0.2) is 0 Å². The maximum absolute atomic E-state index is 13.4. The number of anilines is 1. The van der Waals surface area contributed by atoms with Gasteiger partial charge in [0, 0.05) is 25.6 Å². The number of sulfonamides is 1. The van der Waals surface area contributed by atoms with Crippen LogP contribution in [-0.4, -0.2) is 56.6 Å². The van der Waals surface area contributed by atoms with Gasteiger partial charge in [-0.3, -0.25) is 13.9 Å². The zero-order valence-electron chi connectivity index (χ0n) is 21.9. The fourth-order valence-electron chi connectivity index (χ4n) is 4.00. The van der Waals surface area contributed by atoms with Crippen molar-refractivity contribution < 1.29 is 22.7 Å². The van der Waals surface area contributed by atoms with Crippen LogP contribution in [0.5, 0.6) is 5.75 Å². The molecule has 0 saturated heterocycles. The van der Waals surface area contributed by atoms with E-state index in [2.05, 4.69) is 5.32 Å². The fourth-order valence-corrected chi connectivity index (χ4v) is 4.97. The Morgan fingerprint density at radius 2 is 1.64 bits per heavy atom. The molecule has 9 heteroatoms. The monoisotopic (exact) mass is 517 g/mol. The van der Waals surface area contributed by atoms with Gasteiger partial charge in [0.25, 0.3) is 0 Å². The third-order valence-corrected chi connectivity index (χ3v) is 6.78. The van der Waals surface area contributed by atoms with Crippen molar-refractivity contribution in [3.05, 3.63) is 60.2 Å². The molecule has 1 atom stereocenters. The highest BCUT2D eigenvalue weighted by Gasteiger charge is 2.29. The molecule has 2 aromatic carbocycles. The van der Waals surface area contributed by atoms with E-state index in [1.54, 1.807) is 29.2 Å². The summed E-state index contributed by atoms with van der Waals surface area (Å²) in [6.07, 6.45) is 2.00. The number of carbonyl (C=O) groups excluding carboxylic acids is 2. The average molecular weight is 518 g/mol. The van der Waals surface area contributed by atoms with Crippen molar-refractivity contribution in [3.63, 3.8) is 0 Å². The number of hydrogen-bond donors (Lipinski definition) is 1. The molecule has 0 radical (unpaired) electrons. The Balaban J connectivity index is 2.22. The number of nitrogens with zero attached hydrogens (tertiary/aromatic N) is 2. The molecule has 0 aromatic heterocycles. The summed E-state index contributed by atoms with van der Waals surface area (Å²) in [5.74, 6) is 0.0789. The Morgan fingerprint density at radius 3 is 2.22 bits per heavy atom. The number of amides is 2. The van der Waals surface area contributed by atoms with E-state index in [-0.39, 0.29) is 30.8 Å². The van der Waals surface area contributed by atoms with Crippen LogP contribution in [0.15, 0.2) is 54.6 Å². The summed E-state index contributed by atoms with van der Waals surface area (Å²) in [5, 5.41) is 2.91. The predicted octanol–water partition coefficient (Wildman–Crippen LogP) is 3.96. The lowest BCUT2D eigenvalue weighted by atomic mass is 10.1. The molecule has 0 aliphatic rings. The number of carbonyl (C=O) groups is 2. The van der Waals surface area contributed by atoms with Gasteiger partial charge in [-0.15, -0.1) is 0 Å². The number of para-hydroxylation sites is 2. The zero-order chi connectivity index (χ0) is 26.7. The van der Waals surface area contributed by atoms with Gasteiger partial charge in [-0.05, 0) is 51.3 Å². The molecule has 0 unspecified atom stereocenters. The first-order chi connectivity index (χ1) is 17.1. The number of ether oxygens (including phenoxy) is 1. The van der Waals surface area contributed by atoms with E-state index in [4.69, 9.17) is 4.74 Å². The van der Waals surface area contributed by atoms with Gasteiger partial charge < -0.3 is 15.0 Å². The molecule has 0 aliphatic carbocycles. The van der Waals surface area contributed by atoms with Gasteiger partial charge in [0.2, 0.25) is 21.8 Å². The smallest absolute Gasteiger partial charge is 0.243 e. The summed E-state index contributed by atoms with van der Waals surface area (Å²) in [7, 11) is -3.61. The summed E-state index contributed by atoms with van der Waals surface area (Å²) >= 11 is 0. The van der Waals surface area contributed by atoms with Crippen molar-refractivity contribution in [3.8, 4) is 5.75 Å². The molecular weight excluding hydrogens is 478 g/mol. The summed E-state index contributed by atoms with van der Waals surface area (Å²) < 4.78 is 32.1. The number of rotatable bonds is 14. The molecule has 2 rings (SSSR count). The minimum atomic E-state index is -3.61. The van der Waals surface area contributed by atoms with E-state index in [1.807, 2.05) is 58.0 Å². The second-order valence-electron chi connectivity index (χ2n) is 8.93. The van der Waals surface area contributed by atoms with E-state index in [0.29, 0.717) is 37.4 Å². The van der Waals surface area contributed by atoms with Crippen molar-refractivity contribution in [1.29, 1.82) is 0 Å². The van der Waals surface area contributed by atoms with Gasteiger partial charge in [-0.25, -0.2) is 8.42 Å². The minimum absolute atomic E-state index is 0.0473. The highest BCUT2D eigenvalue weighted by atomic mass is 32.2. The lowest BCUT2D eigenvalue weighted by Gasteiger charge is -2.31. The molecule has 8 nitrogen and oxygen atoms in total. The van der Waals surface area contributed by atoms with Crippen molar-refractivity contribution in [1.82, 2.24) is 10.2 Å². The average Bonchev–Trinajstić information content (AvgIpc) is 2.82. The van der Waals surface area contributed by atoms with E-state index >= 15 is 0 Å². The summed E-state index contributed by atoms with van der Waals surface area (Å²) in [6, 6.07) is 15.8. The minimum Gasteiger partial charge on any atom is -0.492 e. The van der Waals surface area contributed by atoms with E-state index in [9.17, 15) is 18.0 Å². The number of hydrogen-bond acceptors (Lipinski definition) is 5. The molecule has 2 amide bonds. The standard InChI is InChI=1S/C27H39N3O5S/c1-6-23(27(32)28-21(3)4)29(20-22-14-9-8-10-15-22)26(31)18-13-19-30(36(5,33)34)24-16-11-12-17-25(24)35-7-2/h8-12,14-17,21,23H,6-7,13,18-20H2,1-5H3,(H,28,32)/t23-/m0/s1. The first-order valence-corrected chi connectivity index (χ1v) is 14.3. The van der Waals surface area contributed by atoms with E-state index in [0.717, 1.165) is 11.8 Å². The lowest BCUT2D eigenvalue weighted by molar-refractivity contribution is -0.141. The third kappa shape index (κ3) is 8.55. The number of nitrogens with one attached hydrogen (secondary N) is 1. The van der Waals surface area contributed by atoms with Crippen LogP contribution in [0.3, 0.4) is 0 Å². The third-order valence-electron chi connectivity index (χ3n) is 5.60. The Kier molecular flexibility index (Phi) is 11.2. The van der Waals surface area contributed by atoms with Crippen molar-refractivity contribution in [2.75, 3.05) is 23.7 Å². The molecule has 2 aromatic rings. The largest absolute Gasteiger partial charge is 0.492 e. The van der Waals surface area contributed by atoms with Crippen LogP contribution >= 0.6 is 0 Å². The molecule has 36 heavy (non-hydrogen) atoms. The Morgan fingerprint density at radius 1 is 1.00 bits per heavy atom. The highest BCUT2D eigenvalue weighted by Crippen LogP contribution is 2.30. The molecule has 198 valence electrons. The molecule has 0 heterocycles. The quantitative estimate of drug-likeness (QED) is 0.409. The van der Waals surface area contributed by atoms with E-state index in [1.165, 1.54) is 4.31 Å². The first kappa shape index (κ1) is 29.2. The molecule has 0 fully saturated rings. The maximum Gasteiger partial charge on any atom is 0.243 e.